The number of para-hydroxylation sites is 1. The van der Waals surface area contributed by atoms with E-state index < -0.39 is 0 Å². The predicted molar refractivity (Wildman–Crippen MR) is 146 cm³/mol. The minimum Gasteiger partial charge on any atom is -0.492 e. The number of carbonyl (C=O) groups is 1. The maximum Gasteiger partial charge on any atom is 0.260 e. The van der Waals surface area contributed by atoms with Gasteiger partial charge in [-0.05, 0) is 49.9 Å². The van der Waals surface area contributed by atoms with E-state index >= 15 is 0 Å². The topological polar surface area (TPSA) is 65.0 Å². The number of nitrogens with zero attached hydrogens (tertiary/aromatic N) is 6. The summed E-state index contributed by atoms with van der Waals surface area (Å²) >= 11 is 0. The van der Waals surface area contributed by atoms with E-state index in [9.17, 15) is 4.79 Å². The first kappa shape index (κ1) is 23.9. The zero-order valence-corrected chi connectivity index (χ0v) is 21.7. The van der Waals surface area contributed by atoms with Crippen molar-refractivity contribution in [3.8, 4) is 5.75 Å². The molecule has 188 valence electrons. The molecule has 8 nitrogen and oxygen atoms in total. The molecule has 2 aromatic carbocycles. The van der Waals surface area contributed by atoms with Gasteiger partial charge in [-0.1, -0.05) is 19.1 Å². The highest BCUT2D eigenvalue weighted by Gasteiger charge is 2.29. The number of hydrogen-bond acceptors (Lipinski definition) is 7. The second-order valence-corrected chi connectivity index (χ2v) is 9.63. The standard InChI is InChI=1S/C28H34N6O2/c1-6-36-25-17-20(34-15-13-19(2)14-16-34)11-12-23(25)33(5)28-29-18-24-26(30-28)31(3)22-10-8-7-9-21(22)27(35)32(24)4/h7-12,17-19H,6,13-16H2,1-5H3. The molecule has 0 bridgehead atoms. The highest BCUT2D eigenvalue weighted by atomic mass is 16.5. The zero-order chi connectivity index (χ0) is 25.4. The van der Waals surface area contributed by atoms with E-state index in [2.05, 4.69) is 35.0 Å². The van der Waals surface area contributed by atoms with Crippen LogP contribution in [0.15, 0.2) is 48.7 Å². The minimum absolute atomic E-state index is 0.0813. The fourth-order valence-electron chi connectivity index (χ4n) is 4.98. The van der Waals surface area contributed by atoms with Gasteiger partial charge in [-0.3, -0.25) is 4.79 Å². The summed E-state index contributed by atoms with van der Waals surface area (Å²) in [5, 5.41) is 0. The molecule has 1 saturated heterocycles. The smallest absolute Gasteiger partial charge is 0.260 e. The van der Waals surface area contributed by atoms with E-state index in [0.29, 0.717) is 29.6 Å². The van der Waals surface area contributed by atoms with Crippen LogP contribution < -0.4 is 24.3 Å². The summed E-state index contributed by atoms with van der Waals surface area (Å²) in [5.41, 5.74) is 4.19. The number of carbonyl (C=O) groups excluding carboxylic acids is 1. The van der Waals surface area contributed by atoms with Gasteiger partial charge in [0, 0.05) is 46.0 Å². The first-order valence-corrected chi connectivity index (χ1v) is 12.6. The number of ether oxygens (including phenoxy) is 1. The molecule has 0 atom stereocenters. The number of aromatic nitrogens is 2. The largest absolute Gasteiger partial charge is 0.492 e. The highest BCUT2D eigenvalue weighted by molar-refractivity contribution is 6.13. The van der Waals surface area contributed by atoms with Crippen molar-refractivity contribution in [1.82, 2.24) is 9.97 Å². The molecule has 1 fully saturated rings. The number of amides is 1. The fraction of sp³-hybridized carbons (Fsp3) is 0.393. The molecule has 0 saturated carbocycles. The van der Waals surface area contributed by atoms with Crippen LogP contribution in [0.5, 0.6) is 5.75 Å². The Labute approximate surface area is 213 Å². The molecule has 2 aliphatic rings. The average Bonchev–Trinajstić information content (AvgIpc) is 2.98. The number of anilines is 6. The zero-order valence-electron chi connectivity index (χ0n) is 21.7. The molecule has 0 unspecified atom stereocenters. The second-order valence-electron chi connectivity index (χ2n) is 9.63. The van der Waals surface area contributed by atoms with Gasteiger partial charge in [-0.15, -0.1) is 0 Å². The normalized spacial score (nSPS) is 15.9. The van der Waals surface area contributed by atoms with Crippen molar-refractivity contribution in [2.45, 2.75) is 26.7 Å². The summed E-state index contributed by atoms with van der Waals surface area (Å²) in [6, 6.07) is 14.0. The highest BCUT2D eigenvalue weighted by Crippen LogP contribution is 2.40. The Hall–Kier alpha value is -3.81. The van der Waals surface area contributed by atoms with E-state index in [4.69, 9.17) is 9.72 Å². The number of hydrogen-bond donors (Lipinski definition) is 0. The number of fused-ring (bicyclic) bond motifs is 2. The summed E-state index contributed by atoms with van der Waals surface area (Å²) in [4.78, 5) is 30.6. The fourth-order valence-corrected chi connectivity index (χ4v) is 4.98. The van der Waals surface area contributed by atoms with Crippen LogP contribution in [0.3, 0.4) is 0 Å². The third-order valence-corrected chi connectivity index (χ3v) is 7.27. The molecule has 1 aromatic heterocycles. The quantitative estimate of drug-likeness (QED) is 0.489. The lowest BCUT2D eigenvalue weighted by atomic mass is 9.99. The van der Waals surface area contributed by atoms with E-state index in [0.717, 1.165) is 36.1 Å². The van der Waals surface area contributed by atoms with E-state index in [1.54, 1.807) is 18.1 Å². The monoisotopic (exact) mass is 486 g/mol. The van der Waals surface area contributed by atoms with Gasteiger partial charge in [0.25, 0.3) is 5.91 Å². The lowest BCUT2D eigenvalue weighted by molar-refractivity contribution is 0.0994. The van der Waals surface area contributed by atoms with Gasteiger partial charge in [0.15, 0.2) is 5.82 Å². The van der Waals surface area contributed by atoms with Crippen LogP contribution >= 0.6 is 0 Å². The summed E-state index contributed by atoms with van der Waals surface area (Å²) in [6.45, 7) is 7.02. The van der Waals surface area contributed by atoms with Gasteiger partial charge < -0.3 is 24.3 Å². The van der Waals surface area contributed by atoms with Crippen molar-refractivity contribution in [1.29, 1.82) is 0 Å². The van der Waals surface area contributed by atoms with Crippen LogP contribution in [0.4, 0.5) is 34.5 Å². The Morgan fingerprint density at radius 3 is 2.56 bits per heavy atom. The Bertz CT molecular complexity index is 1270. The van der Waals surface area contributed by atoms with Gasteiger partial charge >= 0.3 is 0 Å². The maximum atomic E-state index is 13.1. The first-order chi connectivity index (χ1) is 17.4. The van der Waals surface area contributed by atoms with Crippen LogP contribution in [-0.2, 0) is 0 Å². The molecular weight excluding hydrogens is 452 g/mol. The lowest BCUT2D eigenvalue weighted by Gasteiger charge is -2.33. The summed E-state index contributed by atoms with van der Waals surface area (Å²) in [7, 11) is 5.64. The lowest BCUT2D eigenvalue weighted by Crippen LogP contribution is -2.32. The molecule has 1 amide bonds. The molecule has 0 spiro atoms. The molecule has 36 heavy (non-hydrogen) atoms. The molecule has 2 aliphatic heterocycles. The van der Waals surface area contributed by atoms with E-state index in [1.165, 1.54) is 18.5 Å². The maximum absolute atomic E-state index is 13.1. The van der Waals surface area contributed by atoms with Gasteiger partial charge in [-0.25, -0.2) is 4.98 Å². The van der Waals surface area contributed by atoms with Crippen molar-refractivity contribution in [2.75, 3.05) is 60.4 Å². The van der Waals surface area contributed by atoms with Crippen molar-refractivity contribution in [3.05, 3.63) is 54.2 Å². The van der Waals surface area contributed by atoms with Gasteiger partial charge in [0.1, 0.15) is 11.4 Å². The third-order valence-electron chi connectivity index (χ3n) is 7.27. The summed E-state index contributed by atoms with van der Waals surface area (Å²) in [5.74, 6) is 2.71. The molecule has 8 heteroatoms. The Morgan fingerprint density at radius 2 is 1.81 bits per heavy atom. The Morgan fingerprint density at radius 1 is 1.06 bits per heavy atom. The number of rotatable bonds is 5. The Kier molecular flexibility index (Phi) is 6.43. The Balaban J connectivity index is 1.51. The van der Waals surface area contributed by atoms with Crippen LogP contribution in [-0.4, -0.2) is 56.7 Å². The van der Waals surface area contributed by atoms with Crippen LogP contribution in [0.25, 0.3) is 0 Å². The van der Waals surface area contributed by atoms with Gasteiger partial charge in [-0.2, -0.15) is 4.98 Å². The van der Waals surface area contributed by atoms with Gasteiger partial charge in [0.2, 0.25) is 5.95 Å². The molecule has 5 rings (SSSR count). The molecule has 3 heterocycles. The number of piperidine rings is 1. The van der Waals surface area contributed by atoms with Crippen LogP contribution in [0, 0.1) is 5.92 Å². The summed E-state index contributed by atoms with van der Waals surface area (Å²) < 4.78 is 6.08. The summed E-state index contributed by atoms with van der Waals surface area (Å²) in [6.07, 6.45) is 4.14. The predicted octanol–water partition coefficient (Wildman–Crippen LogP) is 5.24. The molecule has 0 N–H and O–H groups in total. The van der Waals surface area contributed by atoms with E-state index in [-0.39, 0.29) is 5.91 Å². The second kappa shape index (κ2) is 9.68. The number of benzene rings is 2. The van der Waals surface area contributed by atoms with Crippen molar-refractivity contribution >= 4 is 40.4 Å². The van der Waals surface area contributed by atoms with Crippen molar-refractivity contribution in [2.24, 2.45) is 5.92 Å². The average molecular weight is 487 g/mol. The first-order valence-electron chi connectivity index (χ1n) is 12.6. The SMILES string of the molecule is CCOc1cc(N2CCC(C)CC2)ccc1N(C)c1ncc2c(n1)N(C)c1ccccc1C(=O)N2C. The third kappa shape index (κ3) is 4.21. The molecular formula is C28H34N6O2. The van der Waals surface area contributed by atoms with Crippen molar-refractivity contribution < 1.29 is 9.53 Å². The van der Waals surface area contributed by atoms with Gasteiger partial charge in [0.05, 0.1) is 29.7 Å². The minimum atomic E-state index is -0.0813. The molecule has 0 radical (unpaired) electrons. The molecule has 0 aliphatic carbocycles. The van der Waals surface area contributed by atoms with Crippen molar-refractivity contribution in [3.63, 3.8) is 0 Å². The van der Waals surface area contributed by atoms with Crippen LogP contribution in [0.1, 0.15) is 37.0 Å². The molecule has 3 aromatic rings. The van der Waals surface area contributed by atoms with Crippen LogP contribution in [0.2, 0.25) is 0 Å². The van der Waals surface area contributed by atoms with E-state index in [1.807, 2.05) is 55.1 Å².